The lowest BCUT2D eigenvalue weighted by molar-refractivity contribution is 0.295. The lowest BCUT2D eigenvalue weighted by Gasteiger charge is -2.42. The van der Waals surface area contributed by atoms with E-state index in [1.807, 2.05) is 19.1 Å². The average molecular weight is 276 g/mol. The number of rotatable bonds is 2. The van der Waals surface area contributed by atoms with E-state index in [0.717, 1.165) is 18.1 Å². The number of nitrogens with zero attached hydrogens (tertiary/aromatic N) is 3. The summed E-state index contributed by atoms with van der Waals surface area (Å²) in [6.45, 7) is 9.73. The number of pyridine rings is 1. The van der Waals surface area contributed by atoms with Gasteiger partial charge in [0.2, 0.25) is 0 Å². The first-order valence-electron chi connectivity index (χ1n) is 7.15. The van der Waals surface area contributed by atoms with Gasteiger partial charge in [0.1, 0.15) is 5.82 Å². The average Bonchev–Trinajstić information content (AvgIpc) is 2.41. The second-order valence-electron chi connectivity index (χ2n) is 6.05. The van der Waals surface area contributed by atoms with Crippen LogP contribution in [0.4, 0.5) is 5.82 Å². The Bertz CT molecular complexity index is 515. The van der Waals surface area contributed by atoms with Crippen molar-refractivity contribution in [3.05, 3.63) is 23.4 Å². The molecule has 0 aromatic carbocycles. The summed E-state index contributed by atoms with van der Waals surface area (Å²) in [6, 6.07) is 4.18. The minimum atomic E-state index is 0.127. The fourth-order valence-corrected chi connectivity index (χ4v) is 3.02. The summed E-state index contributed by atoms with van der Waals surface area (Å²) in [5.41, 5.74) is 7.30. The topological polar surface area (TPSA) is 74.7 Å². The summed E-state index contributed by atoms with van der Waals surface area (Å²) < 4.78 is 0. The van der Waals surface area contributed by atoms with Gasteiger partial charge < -0.3 is 15.8 Å². The molecule has 2 heterocycles. The third-order valence-electron chi connectivity index (χ3n) is 4.24. The van der Waals surface area contributed by atoms with Crippen LogP contribution in [-0.4, -0.2) is 28.6 Å². The maximum Gasteiger partial charge on any atom is 0.170 e. The summed E-state index contributed by atoms with van der Waals surface area (Å²) in [5, 5.41) is 11.9. The molecule has 20 heavy (non-hydrogen) atoms. The molecular formula is C15H24N4O. The molecule has 0 spiro atoms. The van der Waals surface area contributed by atoms with Crippen LogP contribution in [-0.2, 0) is 0 Å². The number of hydrogen-bond donors (Lipinski definition) is 2. The molecule has 3 N–H and O–H groups in total. The lowest BCUT2D eigenvalue weighted by Crippen LogP contribution is -2.46. The zero-order valence-electron chi connectivity index (χ0n) is 12.7. The first kappa shape index (κ1) is 14.6. The molecule has 0 bridgehead atoms. The molecule has 5 nitrogen and oxygen atoms in total. The Balaban J connectivity index is 2.38. The monoisotopic (exact) mass is 276 g/mol. The lowest BCUT2D eigenvalue weighted by atomic mass is 9.86. The molecule has 2 rings (SSSR count). The van der Waals surface area contributed by atoms with Gasteiger partial charge >= 0.3 is 0 Å². The highest BCUT2D eigenvalue weighted by molar-refractivity contribution is 5.97. The quantitative estimate of drug-likeness (QED) is 0.376. The molecule has 3 atom stereocenters. The van der Waals surface area contributed by atoms with Crippen molar-refractivity contribution >= 4 is 11.7 Å². The van der Waals surface area contributed by atoms with E-state index >= 15 is 0 Å². The third-order valence-corrected chi connectivity index (χ3v) is 4.24. The SMILES string of the molecule is Cc1cc(/C(N)=N/O)cc(N2CC(C)CC(C)C2C)n1. The molecule has 0 aliphatic carbocycles. The van der Waals surface area contributed by atoms with Crippen molar-refractivity contribution in [1.82, 2.24) is 4.98 Å². The zero-order chi connectivity index (χ0) is 14.9. The Kier molecular flexibility index (Phi) is 4.16. The zero-order valence-corrected chi connectivity index (χ0v) is 12.7. The van der Waals surface area contributed by atoms with E-state index in [-0.39, 0.29) is 5.84 Å². The van der Waals surface area contributed by atoms with Gasteiger partial charge in [-0.15, -0.1) is 0 Å². The van der Waals surface area contributed by atoms with Gasteiger partial charge in [0.15, 0.2) is 5.84 Å². The smallest absolute Gasteiger partial charge is 0.170 e. The van der Waals surface area contributed by atoms with Crippen LogP contribution in [0.5, 0.6) is 0 Å². The molecule has 0 radical (unpaired) electrons. The molecule has 1 fully saturated rings. The molecule has 5 heteroatoms. The summed E-state index contributed by atoms with van der Waals surface area (Å²) in [5.74, 6) is 2.32. The van der Waals surface area contributed by atoms with Crippen LogP contribution in [0.3, 0.4) is 0 Å². The predicted octanol–water partition coefficient (Wildman–Crippen LogP) is 2.36. The van der Waals surface area contributed by atoms with Crippen molar-refractivity contribution in [3.8, 4) is 0 Å². The highest BCUT2D eigenvalue weighted by Crippen LogP contribution is 2.30. The predicted molar refractivity (Wildman–Crippen MR) is 81.2 cm³/mol. The largest absolute Gasteiger partial charge is 0.409 e. The Labute approximate surface area is 120 Å². The first-order valence-corrected chi connectivity index (χ1v) is 7.15. The molecule has 3 unspecified atom stereocenters. The fourth-order valence-electron chi connectivity index (χ4n) is 3.02. The van der Waals surface area contributed by atoms with Crippen LogP contribution in [0, 0.1) is 18.8 Å². The maximum absolute atomic E-state index is 8.85. The minimum Gasteiger partial charge on any atom is -0.409 e. The molecule has 110 valence electrons. The number of aryl methyl sites for hydroxylation is 1. The number of nitrogens with two attached hydrogens (primary N) is 1. The molecule has 1 saturated heterocycles. The van der Waals surface area contributed by atoms with Crippen LogP contribution in [0.25, 0.3) is 0 Å². The molecule has 0 amide bonds. The Morgan fingerprint density at radius 1 is 1.40 bits per heavy atom. The standard InChI is InChI=1S/C15H24N4O/c1-9-5-10(2)12(4)19(8-9)14-7-13(15(16)18-20)6-11(3)17-14/h6-7,9-10,12,20H,5,8H2,1-4H3,(H2,16,18). The second-order valence-corrected chi connectivity index (χ2v) is 6.05. The fraction of sp³-hybridized carbons (Fsp3) is 0.600. The Morgan fingerprint density at radius 2 is 2.10 bits per heavy atom. The van der Waals surface area contributed by atoms with E-state index in [0.29, 0.717) is 23.4 Å². The minimum absolute atomic E-state index is 0.127. The number of hydrogen-bond acceptors (Lipinski definition) is 4. The number of oxime groups is 1. The molecule has 1 aromatic heterocycles. The second kappa shape index (κ2) is 5.69. The van der Waals surface area contributed by atoms with Crippen LogP contribution >= 0.6 is 0 Å². The van der Waals surface area contributed by atoms with E-state index < -0.39 is 0 Å². The summed E-state index contributed by atoms with van der Waals surface area (Å²) in [4.78, 5) is 6.96. The van der Waals surface area contributed by atoms with Crippen LogP contribution in [0.15, 0.2) is 17.3 Å². The van der Waals surface area contributed by atoms with Gasteiger partial charge in [-0.2, -0.15) is 0 Å². The number of aromatic nitrogens is 1. The van der Waals surface area contributed by atoms with Crippen LogP contribution in [0.1, 0.15) is 38.4 Å². The normalized spacial score (nSPS) is 27.7. The van der Waals surface area contributed by atoms with Crippen molar-refractivity contribution in [2.24, 2.45) is 22.7 Å². The van der Waals surface area contributed by atoms with Crippen molar-refractivity contribution in [3.63, 3.8) is 0 Å². The highest BCUT2D eigenvalue weighted by atomic mass is 16.4. The highest BCUT2D eigenvalue weighted by Gasteiger charge is 2.29. The number of anilines is 1. The van der Waals surface area contributed by atoms with Crippen molar-refractivity contribution in [1.29, 1.82) is 0 Å². The van der Waals surface area contributed by atoms with Crippen LogP contribution < -0.4 is 10.6 Å². The van der Waals surface area contributed by atoms with Gasteiger partial charge in [-0.3, -0.25) is 0 Å². The van der Waals surface area contributed by atoms with Gasteiger partial charge in [-0.25, -0.2) is 4.98 Å². The van der Waals surface area contributed by atoms with Gasteiger partial charge in [0.05, 0.1) is 0 Å². The number of piperidine rings is 1. The van der Waals surface area contributed by atoms with Crippen LogP contribution in [0.2, 0.25) is 0 Å². The van der Waals surface area contributed by atoms with Gasteiger partial charge in [-0.05, 0) is 44.2 Å². The first-order chi connectivity index (χ1) is 9.42. The van der Waals surface area contributed by atoms with Crippen molar-refractivity contribution < 1.29 is 5.21 Å². The van der Waals surface area contributed by atoms with Gasteiger partial charge in [0.25, 0.3) is 0 Å². The van der Waals surface area contributed by atoms with E-state index in [1.54, 1.807) is 0 Å². The Hall–Kier alpha value is -1.78. The number of amidine groups is 1. The van der Waals surface area contributed by atoms with Gasteiger partial charge in [0, 0.05) is 23.8 Å². The molecule has 1 aliphatic rings. The molecule has 0 saturated carbocycles. The van der Waals surface area contributed by atoms with Crippen molar-refractivity contribution in [2.75, 3.05) is 11.4 Å². The van der Waals surface area contributed by atoms with Crippen molar-refractivity contribution in [2.45, 2.75) is 40.2 Å². The molecular weight excluding hydrogens is 252 g/mol. The Morgan fingerprint density at radius 3 is 2.75 bits per heavy atom. The summed E-state index contributed by atoms with van der Waals surface area (Å²) >= 11 is 0. The maximum atomic E-state index is 8.85. The van der Waals surface area contributed by atoms with E-state index in [2.05, 4.69) is 35.8 Å². The van der Waals surface area contributed by atoms with E-state index in [1.165, 1.54) is 6.42 Å². The molecule has 1 aromatic rings. The van der Waals surface area contributed by atoms with Gasteiger partial charge in [-0.1, -0.05) is 19.0 Å². The summed E-state index contributed by atoms with van der Waals surface area (Å²) in [7, 11) is 0. The van der Waals surface area contributed by atoms with E-state index in [9.17, 15) is 0 Å². The summed E-state index contributed by atoms with van der Waals surface area (Å²) in [6.07, 6.45) is 1.25. The molecule has 1 aliphatic heterocycles. The van der Waals surface area contributed by atoms with E-state index in [4.69, 9.17) is 10.9 Å². The third kappa shape index (κ3) is 2.86.